The topological polar surface area (TPSA) is 109 Å². The lowest BCUT2D eigenvalue weighted by atomic mass is 10.1. The molecule has 1 aliphatic heterocycles. The molecule has 0 bridgehead atoms. The highest BCUT2D eigenvalue weighted by Gasteiger charge is 2.23. The van der Waals surface area contributed by atoms with Crippen LogP contribution in [0.25, 0.3) is 0 Å². The van der Waals surface area contributed by atoms with Crippen molar-refractivity contribution in [3.8, 4) is 0 Å². The van der Waals surface area contributed by atoms with Gasteiger partial charge in [-0.2, -0.15) is 0 Å². The summed E-state index contributed by atoms with van der Waals surface area (Å²) in [7, 11) is -0.772. The molecule has 4 N–H and O–H groups in total. The molecule has 0 aromatic rings. The molecule has 1 atom stereocenters. The Morgan fingerprint density at radius 2 is 2.00 bits per heavy atom. The van der Waals surface area contributed by atoms with E-state index >= 15 is 0 Å². The second-order valence-corrected chi connectivity index (χ2v) is 5.53. The number of hydrogen-bond acceptors (Lipinski definition) is 4. The minimum atomic E-state index is -1.09. The smallest absolute Gasteiger partial charge is 0.305 e. The first kappa shape index (κ1) is 13.1. The Balaban J connectivity index is 2.33. The second-order valence-electron chi connectivity index (χ2n) is 3.84. The van der Waals surface area contributed by atoms with Crippen molar-refractivity contribution >= 4 is 22.7 Å². The molecule has 1 heterocycles. The molecule has 6 nitrogen and oxygen atoms in total. The van der Waals surface area contributed by atoms with Crippen LogP contribution in [0, 0.1) is 0 Å². The molecule has 0 spiro atoms. The van der Waals surface area contributed by atoms with Gasteiger partial charge in [-0.05, 0) is 12.8 Å². The number of nitrogens with two attached hydrogens (primary N) is 1. The summed E-state index contributed by atoms with van der Waals surface area (Å²) in [4.78, 5) is 21.8. The van der Waals surface area contributed by atoms with Gasteiger partial charge in [0.2, 0.25) is 5.91 Å². The van der Waals surface area contributed by atoms with E-state index in [1.54, 1.807) is 0 Å². The first-order valence-electron chi connectivity index (χ1n) is 5.11. The number of hydrogen-bond donors (Lipinski definition) is 3. The number of carboxylic acids is 1. The van der Waals surface area contributed by atoms with Crippen LogP contribution < -0.4 is 11.1 Å². The van der Waals surface area contributed by atoms with Gasteiger partial charge in [-0.15, -0.1) is 0 Å². The lowest BCUT2D eigenvalue weighted by Gasteiger charge is -2.23. The maximum atomic E-state index is 11.5. The highest BCUT2D eigenvalue weighted by atomic mass is 32.2. The van der Waals surface area contributed by atoms with Gasteiger partial charge in [-0.3, -0.25) is 13.8 Å². The Morgan fingerprint density at radius 1 is 1.44 bits per heavy atom. The van der Waals surface area contributed by atoms with Crippen LogP contribution in [0.1, 0.15) is 19.3 Å². The minimum Gasteiger partial charge on any atom is -0.481 e. The number of nitrogens with one attached hydrogen (secondary N) is 1. The molecule has 0 aliphatic carbocycles. The van der Waals surface area contributed by atoms with E-state index in [4.69, 9.17) is 10.8 Å². The second kappa shape index (κ2) is 5.95. The Hall–Kier alpha value is -0.950. The van der Waals surface area contributed by atoms with Gasteiger partial charge in [0.05, 0.1) is 12.5 Å². The summed E-state index contributed by atoms with van der Waals surface area (Å²) in [5.41, 5.74) is 5.41. The van der Waals surface area contributed by atoms with Crippen LogP contribution in [0.15, 0.2) is 0 Å². The van der Waals surface area contributed by atoms with Crippen molar-refractivity contribution in [1.29, 1.82) is 0 Å². The third-order valence-electron chi connectivity index (χ3n) is 2.47. The molecule has 1 saturated heterocycles. The molecule has 0 aromatic carbocycles. The van der Waals surface area contributed by atoms with Crippen molar-refractivity contribution in [2.45, 2.75) is 31.3 Å². The van der Waals surface area contributed by atoms with Gasteiger partial charge < -0.3 is 16.2 Å². The Morgan fingerprint density at radius 3 is 2.50 bits per heavy atom. The lowest BCUT2D eigenvalue weighted by Crippen LogP contribution is -2.48. The quantitative estimate of drug-likeness (QED) is 0.580. The van der Waals surface area contributed by atoms with Gasteiger partial charge in [-0.25, -0.2) is 0 Å². The lowest BCUT2D eigenvalue weighted by molar-refractivity contribution is -0.139. The summed E-state index contributed by atoms with van der Waals surface area (Å²) in [6.07, 6.45) is 0.959. The summed E-state index contributed by atoms with van der Waals surface area (Å²) in [5.74, 6) is -0.370. The number of rotatable bonds is 4. The van der Waals surface area contributed by atoms with Crippen molar-refractivity contribution in [2.75, 3.05) is 11.5 Å². The number of aliphatic carboxylic acids is 1. The van der Waals surface area contributed by atoms with Gasteiger partial charge in [0, 0.05) is 28.3 Å². The molecular formula is C9H16N2O4S. The summed E-state index contributed by atoms with van der Waals surface area (Å²) in [6, 6.07) is -1.03. The van der Waals surface area contributed by atoms with E-state index < -0.39 is 28.7 Å². The average Bonchev–Trinajstić information content (AvgIpc) is 2.20. The fourth-order valence-corrected chi connectivity index (χ4v) is 2.83. The highest BCUT2D eigenvalue weighted by Crippen LogP contribution is 2.09. The molecular weight excluding hydrogens is 232 g/mol. The number of amides is 1. The summed E-state index contributed by atoms with van der Waals surface area (Å²) in [6.45, 7) is 0. The molecule has 1 rings (SSSR count). The summed E-state index contributed by atoms with van der Waals surface area (Å²) in [5, 5.41) is 11.2. The predicted octanol–water partition coefficient (Wildman–Crippen LogP) is -1.18. The van der Waals surface area contributed by atoms with Crippen LogP contribution in [-0.4, -0.2) is 44.8 Å². The molecule has 0 saturated carbocycles. The van der Waals surface area contributed by atoms with Gasteiger partial charge in [0.15, 0.2) is 0 Å². The number of carbonyl (C=O) groups is 2. The highest BCUT2D eigenvalue weighted by molar-refractivity contribution is 7.85. The van der Waals surface area contributed by atoms with E-state index in [0.717, 1.165) is 0 Å². The Labute approximate surface area is 96.0 Å². The van der Waals surface area contributed by atoms with Gasteiger partial charge in [0.1, 0.15) is 0 Å². The van der Waals surface area contributed by atoms with Crippen LogP contribution >= 0.6 is 0 Å². The molecule has 0 radical (unpaired) electrons. The average molecular weight is 248 g/mol. The molecule has 1 fully saturated rings. The molecule has 1 amide bonds. The first-order valence-corrected chi connectivity index (χ1v) is 6.60. The SMILES string of the molecule is NC(CC(=O)O)C(=O)NC1CCS(=O)CC1. The number of carboxylic acid groups (broad SMARTS) is 1. The van der Waals surface area contributed by atoms with Gasteiger partial charge >= 0.3 is 5.97 Å². The van der Waals surface area contributed by atoms with Gasteiger partial charge in [-0.1, -0.05) is 0 Å². The maximum Gasteiger partial charge on any atom is 0.305 e. The maximum absolute atomic E-state index is 11.5. The van der Waals surface area contributed by atoms with Crippen molar-refractivity contribution in [3.05, 3.63) is 0 Å². The van der Waals surface area contributed by atoms with Gasteiger partial charge in [0.25, 0.3) is 0 Å². The molecule has 0 aromatic heterocycles. The third-order valence-corrected chi connectivity index (χ3v) is 3.85. The Kier molecular flexibility index (Phi) is 4.88. The van der Waals surface area contributed by atoms with E-state index in [1.165, 1.54) is 0 Å². The molecule has 1 unspecified atom stereocenters. The minimum absolute atomic E-state index is 0.0231. The van der Waals surface area contributed by atoms with E-state index in [0.29, 0.717) is 24.3 Å². The monoisotopic (exact) mass is 248 g/mol. The van der Waals surface area contributed by atoms with Crippen molar-refractivity contribution in [2.24, 2.45) is 5.73 Å². The predicted molar refractivity (Wildman–Crippen MR) is 59.3 cm³/mol. The van der Waals surface area contributed by atoms with Crippen LogP contribution in [0.2, 0.25) is 0 Å². The van der Waals surface area contributed by atoms with Crippen molar-refractivity contribution in [3.63, 3.8) is 0 Å². The third kappa shape index (κ3) is 4.28. The van der Waals surface area contributed by atoms with Crippen molar-refractivity contribution < 1.29 is 18.9 Å². The molecule has 7 heteroatoms. The standard InChI is InChI=1S/C9H16N2O4S/c10-7(5-8(12)13)9(14)11-6-1-3-16(15)4-2-6/h6-7H,1-5,10H2,(H,11,14)(H,12,13). The van der Waals surface area contributed by atoms with E-state index in [9.17, 15) is 13.8 Å². The van der Waals surface area contributed by atoms with E-state index in [2.05, 4.69) is 5.32 Å². The zero-order valence-electron chi connectivity index (χ0n) is 8.85. The van der Waals surface area contributed by atoms with E-state index in [-0.39, 0.29) is 12.5 Å². The zero-order valence-corrected chi connectivity index (χ0v) is 9.66. The zero-order chi connectivity index (χ0) is 12.1. The van der Waals surface area contributed by atoms with E-state index in [1.807, 2.05) is 0 Å². The van der Waals surface area contributed by atoms with Crippen LogP contribution in [0.3, 0.4) is 0 Å². The van der Waals surface area contributed by atoms with Crippen molar-refractivity contribution in [1.82, 2.24) is 5.32 Å². The normalized spacial score (nSPS) is 27.1. The summed E-state index contributed by atoms with van der Waals surface area (Å²) < 4.78 is 11.1. The Bertz CT molecular complexity index is 298. The van der Waals surface area contributed by atoms with Crippen LogP contribution in [-0.2, 0) is 20.4 Å². The molecule has 1 aliphatic rings. The first-order chi connectivity index (χ1) is 7.49. The fraction of sp³-hybridized carbons (Fsp3) is 0.778. The molecule has 92 valence electrons. The van der Waals surface area contributed by atoms with Crippen LogP contribution in [0.4, 0.5) is 0 Å². The molecule has 16 heavy (non-hydrogen) atoms. The fourth-order valence-electron chi connectivity index (χ4n) is 1.53. The largest absolute Gasteiger partial charge is 0.481 e. The summed E-state index contributed by atoms with van der Waals surface area (Å²) >= 11 is 0. The van der Waals surface area contributed by atoms with Crippen LogP contribution in [0.5, 0.6) is 0 Å². The number of carbonyl (C=O) groups excluding carboxylic acids is 1.